The van der Waals surface area contributed by atoms with E-state index >= 15 is 0 Å². The molecule has 0 radical (unpaired) electrons. The van der Waals surface area contributed by atoms with E-state index in [1.165, 1.54) is 25.7 Å². The highest BCUT2D eigenvalue weighted by Gasteiger charge is 2.43. The lowest BCUT2D eigenvalue weighted by Crippen LogP contribution is -2.46. The van der Waals surface area contributed by atoms with Crippen LogP contribution in [0.1, 0.15) is 56.1 Å². The van der Waals surface area contributed by atoms with Crippen molar-refractivity contribution in [1.29, 1.82) is 0 Å². The summed E-state index contributed by atoms with van der Waals surface area (Å²) in [5.74, 6) is -0.819. The molecule has 1 aliphatic carbocycles. The normalized spacial score (nSPS) is 26.8. The lowest BCUT2D eigenvalue weighted by molar-refractivity contribution is -0.142. The van der Waals surface area contributed by atoms with Gasteiger partial charge in [0.1, 0.15) is 0 Å². The zero-order chi connectivity index (χ0) is 18.1. The van der Waals surface area contributed by atoms with E-state index in [4.69, 9.17) is 4.74 Å². The second-order valence-electron chi connectivity index (χ2n) is 8.29. The average Bonchev–Trinajstić information content (AvgIpc) is 3.23. The minimum absolute atomic E-state index is 0.00443. The van der Waals surface area contributed by atoms with Gasteiger partial charge in [0.05, 0.1) is 25.6 Å². The summed E-state index contributed by atoms with van der Waals surface area (Å²) in [6, 6.07) is 7.75. The number of benzene rings is 1. The number of carboxylic acids is 1. The van der Waals surface area contributed by atoms with Crippen LogP contribution >= 0.6 is 0 Å². The molecule has 1 aromatic rings. The molecule has 4 rings (SSSR count). The molecule has 2 aliphatic heterocycles. The number of aliphatic carboxylic acids is 1. The van der Waals surface area contributed by atoms with Crippen molar-refractivity contribution in [2.45, 2.75) is 70.1 Å². The lowest BCUT2D eigenvalue weighted by Gasteiger charge is -2.37. The molecule has 2 atom stereocenters. The van der Waals surface area contributed by atoms with E-state index < -0.39 is 5.97 Å². The molecule has 1 N–H and O–H groups in total. The van der Waals surface area contributed by atoms with Crippen LogP contribution in [0.2, 0.25) is 0 Å². The molecule has 1 aromatic carbocycles. The van der Waals surface area contributed by atoms with E-state index in [9.17, 15) is 14.7 Å². The monoisotopic (exact) mass is 357 g/mol. The number of fused-ring (bicyclic) bond motifs is 1. The number of carboxylic acid groups (broad SMARTS) is 1. The summed E-state index contributed by atoms with van der Waals surface area (Å²) in [5.41, 5.74) is 2.59. The number of carbonyl (C=O) groups is 2. The molecule has 3 aliphatic rings. The Morgan fingerprint density at radius 2 is 1.88 bits per heavy atom. The Morgan fingerprint density at radius 1 is 1.15 bits per heavy atom. The molecule has 1 spiro atoms. The van der Waals surface area contributed by atoms with Gasteiger partial charge in [0, 0.05) is 12.6 Å². The van der Waals surface area contributed by atoms with Gasteiger partial charge in [-0.2, -0.15) is 0 Å². The van der Waals surface area contributed by atoms with Crippen molar-refractivity contribution in [1.82, 2.24) is 4.90 Å². The van der Waals surface area contributed by atoms with E-state index in [0.717, 1.165) is 24.2 Å². The summed E-state index contributed by atoms with van der Waals surface area (Å²) in [6.45, 7) is 1.29. The second kappa shape index (κ2) is 7.03. The Kier molecular flexibility index (Phi) is 4.74. The first-order valence-corrected chi connectivity index (χ1v) is 9.74. The van der Waals surface area contributed by atoms with Crippen LogP contribution in [0.4, 0.5) is 0 Å². The number of carbonyl (C=O) groups excluding carboxylic acids is 1. The SMILES string of the molecule is O=C(O)C[C@@H]1Cc2ccccc2CN1C(=O)CC1CC2(CCCC2)CO1. The van der Waals surface area contributed by atoms with Gasteiger partial charge in [-0.25, -0.2) is 0 Å². The fourth-order valence-corrected chi connectivity index (χ4v) is 5.08. The zero-order valence-corrected chi connectivity index (χ0v) is 15.2. The molecular formula is C21H27NO4. The number of amides is 1. The molecule has 0 aromatic heterocycles. The molecule has 1 saturated heterocycles. The largest absolute Gasteiger partial charge is 0.481 e. The first kappa shape index (κ1) is 17.5. The van der Waals surface area contributed by atoms with E-state index in [1.807, 2.05) is 24.3 Å². The Hall–Kier alpha value is -1.88. The summed E-state index contributed by atoms with van der Waals surface area (Å²) >= 11 is 0. The van der Waals surface area contributed by atoms with E-state index in [1.54, 1.807) is 4.90 Å². The number of hydrogen-bond donors (Lipinski definition) is 1. The number of rotatable bonds is 4. The van der Waals surface area contributed by atoms with Crippen molar-refractivity contribution < 1.29 is 19.4 Å². The van der Waals surface area contributed by atoms with Gasteiger partial charge in [-0.1, -0.05) is 37.1 Å². The Labute approximate surface area is 154 Å². The number of hydrogen-bond acceptors (Lipinski definition) is 3. The summed E-state index contributed by atoms with van der Waals surface area (Å²) < 4.78 is 5.97. The van der Waals surface area contributed by atoms with Crippen LogP contribution < -0.4 is 0 Å². The van der Waals surface area contributed by atoms with E-state index in [0.29, 0.717) is 24.8 Å². The Bertz CT molecular complexity index is 695. The molecule has 1 saturated carbocycles. The van der Waals surface area contributed by atoms with Crippen LogP contribution in [0.15, 0.2) is 24.3 Å². The van der Waals surface area contributed by atoms with Crippen molar-refractivity contribution in [3.05, 3.63) is 35.4 Å². The maximum Gasteiger partial charge on any atom is 0.305 e. The van der Waals surface area contributed by atoms with Crippen LogP contribution in [0, 0.1) is 5.41 Å². The van der Waals surface area contributed by atoms with Crippen molar-refractivity contribution in [2.24, 2.45) is 5.41 Å². The van der Waals surface area contributed by atoms with Gasteiger partial charge in [0.2, 0.25) is 5.91 Å². The van der Waals surface area contributed by atoms with Gasteiger partial charge in [-0.15, -0.1) is 0 Å². The highest BCUT2D eigenvalue weighted by atomic mass is 16.5. The molecule has 140 valence electrons. The minimum atomic E-state index is -0.853. The molecule has 5 heteroatoms. The Morgan fingerprint density at radius 3 is 2.62 bits per heavy atom. The van der Waals surface area contributed by atoms with Crippen LogP contribution in [0.5, 0.6) is 0 Å². The van der Waals surface area contributed by atoms with Gasteiger partial charge in [-0.3, -0.25) is 9.59 Å². The predicted octanol–water partition coefficient (Wildman–Crippen LogP) is 3.15. The van der Waals surface area contributed by atoms with Crippen molar-refractivity contribution in [3.63, 3.8) is 0 Å². The first-order valence-electron chi connectivity index (χ1n) is 9.74. The lowest BCUT2D eigenvalue weighted by atomic mass is 9.83. The smallest absolute Gasteiger partial charge is 0.305 e. The molecule has 1 amide bonds. The molecule has 26 heavy (non-hydrogen) atoms. The fourth-order valence-electron chi connectivity index (χ4n) is 5.08. The maximum absolute atomic E-state index is 13.0. The minimum Gasteiger partial charge on any atom is -0.481 e. The van der Waals surface area contributed by atoms with Crippen molar-refractivity contribution >= 4 is 11.9 Å². The Balaban J connectivity index is 1.45. The van der Waals surface area contributed by atoms with Gasteiger partial charge >= 0.3 is 5.97 Å². The highest BCUT2D eigenvalue weighted by Crippen LogP contribution is 2.47. The van der Waals surface area contributed by atoms with Crippen LogP contribution in [0.3, 0.4) is 0 Å². The third-order valence-electron chi connectivity index (χ3n) is 6.44. The number of nitrogens with zero attached hydrogens (tertiary/aromatic N) is 1. The number of ether oxygens (including phenoxy) is 1. The average molecular weight is 357 g/mol. The van der Waals surface area contributed by atoms with E-state index in [2.05, 4.69) is 0 Å². The van der Waals surface area contributed by atoms with Gasteiger partial charge < -0.3 is 14.7 Å². The first-order chi connectivity index (χ1) is 12.5. The maximum atomic E-state index is 13.0. The molecule has 2 heterocycles. The van der Waals surface area contributed by atoms with Crippen LogP contribution in [-0.2, 0) is 27.3 Å². The topological polar surface area (TPSA) is 66.8 Å². The molecule has 1 unspecified atom stereocenters. The van der Waals surface area contributed by atoms with Crippen molar-refractivity contribution in [2.75, 3.05) is 6.61 Å². The third kappa shape index (κ3) is 3.50. The fraction of sp³-hybridized carbons (Fsp3) is 0.619. The highest BCUT2D eigenvalue weighted by molar-refractivity contribution is 5.78. The summed E-state index contributed by atoms with van der Waals surface area (Å²) in [6.07, 6.45) is 6.93. The zero-order valence-electron chi connectivity index (χ0n) is 15.2. The molecule has 2 fully saturated rings. The third-order valence-corrected chi connectivity index (χ3v) is 6.44. The van der Waals surface area contributed by atoms with Gasteiger partial charge in [-0.05, 0) is 42.2 Å². The van der Waals surface area contributed by atoms with Crippen LogP contribution in [0.25, 0.3) is 0 Å². The van der Waals surface area contributed by atoms with E-state index in [-0.39, 0.29) is 24.5 Å². The summed E-state index contributed by atoms with van der Waals surface area (Å²) in [7, 11) is 0. The summed E-state index contributed by atoms with van der Waals surface area (Å²) in [4.78, 5) is 26.1. The molecule has 5 nitrogen and oxygen atoms in total. The predicted molar refractivity (Wildman–Crippen MR) is 96.6 cm³/mol. The molecule has 0 bridgehead atoms. The second-order valence-corrected chi connectivity index (χ2v) is 8.29. The van der Waals surface area contributed by atoms with Gasteiger partial charge in [0.25, 0.3) is 0 Å². The van der Waals surface area contributed by atoms with Crippen LogP contribution in [-0.4, -0.2) is 40.6 Å². The van der Waals surface area contributed by atoms with Gasteiger partial charge in [0.15, 0.2) is 0 Å². The quantitative estimate of drug-likeness (QED) is 0.899. The standard InChI is InChI=1S/C21H27NO4/c23-19(11-18-12-21(14-26-18)7-3-4-8-21)22-13-16-6-2-1-5-15(16)9-17(22)10-20(24)25/h1-2,5-6,17-18H,3-4,7-14H2,(H,24,25)/t17-,18?/m0/s1. The van der Waals surface area contributed by atoms with Crippen molar-refractivity contribution in [3.8, 4) is 0 Å². The summed E-state index contributed by atoms with van der Waals surface area (Å²) in [5, 5.41) is 9.27. The molecular weight excluding hydrogens is 330 g/mol.